The Labute approximate surface area is 371 Å². The lowest BCUT2D eigenvalue weighted by molar-refractivity contribution is 0.125. The molecule has 7 nitrogen and oxygen atoms in total. The van der Waals surface area contributed by atoms with Gasteiger partial charge in [0.1, 0.15) is 51.8 Å². The Morgan fingerprint density at radius 1 is 0.492 bits per heavy atom. The third kappa shape index (κ3) is 4.83. The molecule has 9 heteroatoms. The van der Waals surface area contributed by atoms with Gasteiger partial charge in [0, 0.05) is 80.0 Å². The smallest absolute Gasteiger partial charge is 0.293 e. The fourth-order valence-electron chi connectivity index (χ4n) is 10.5. The summed E-state index contributed by atoms with van der Waals surface area (Å²) in [4.78, 5) is 0. The zero-order valence-electron chi connectivity index (χ0n) is 33.1. The van der Waals surface area contributed by atoms with Crippen LogP contribution in [0.4, 0.5) is 0 Å². The molecule has 0 amide bonds. The molecule has 2 spiro atoms. The van der Waals surface area contributed by atoms with Gasteiger partial charge in [-0.25, -0.2) is 0 Å². The quantitative estimate of drug-likeness (QED) is 0.131. The van der Waals surface area contributed by atoms with Crippen LogP contribution in [-0.4, -0.2) is 5.11 Å². The maximum absolute atomic E-state index is 10.5. The molecule has 63 heavy (non-hydrogen) atoms. The van der Waals surface area contributed by atoms with Crippen LogP contribution in [0.25, 0.3) is 38.4 Å². The van der Waals surface area contributed by atoms with E-state index in [-0.39, 0.29) is 5.75 Å². The first kappa shape index (κ1) is 36.2. The maximum atomic E-state index is 10.5. The summed E-state index contributed by atoms with van der Waals surface area (Å²) < 4.78 is 38.4. The Morgan fingerprint density at radius 2 is 1.06 bits per heavy atom. The molecule has 4 aliphatic rings. The summed E-state index contributed by atoms with van der Waals surface area (Å²) in [5, 5.41) is 14.0. The van der Waals surface area contributed by atoms with Gasteiger partial charge in [0.15, 0.2) is 5.60 Å². The maximum Gasteiger partial charge on any atom is 0.293 e. The van der Waals surface area contributed by atoms with Crippen molar-refractivity contribution < 1.29 is 31.9 Å². The summed E-state index contributed by atoms with van der Waals surface area (Å²) in [6.07, 6.45) is 0. The highest BCUT2D eigenvalue weighted by molar-refractivity contribution is 7.90. The van der Waals surface area contributed by atoms with Crippen LogP contribution < -0.4 is 22.0 Å². The number of fused-ring (bicyclic) bond motifs is 19. The molecule has 1 N–H and O–H groups in total. The van der Waals surface area contributed by atoms with E-state index in [0.717, 1.165) is 78.7 Å². The molecule has 0 saturated heterocycles. The first-order chi connectivity index (χ1) is 31.0. The van der Waals surface area contributed by atoms with Gasteiger partial charge in [-0.1, -0.05) is 116 Å². The third-order valence-corrected chi connectivity index (χ3v) is 13.7. The summed E-state index contributed by atoms with van der Waals surface area (Å²) in [6, 6.07) is 56.6. The molecular weight excluding hydrogens is 825 g/mol. The van der Waals surface area contributed by atoms with Gasteiger partial charge in [-0.3, -0.25) is 0 Å². The number of hydrogen-bond donors (Lipinski definition) is 2. The van der Waals surface area contributed by atoms with Crippen LogP contribution >= 0.6 is 25.2 Å². The molecule has 302 valence electrons. The Hall–Kier alpha value is -7.46. The number of rotatable bonds is 5. The normalized spacial score (nSPS) is 16.4. The van der Waals surface area contributed by atoms with Gasteiger partial charge in [-0.2, -0.15) is 0 Å². The lowest BCUT2D eigenvalue weighted by Crippen LogP contribution is -2.32. The van der Waals surface area contributed by atoms with Crippen molar-refractivity contribution in [3.8, 4) is 57.1 Å². The Kier molecular flexibility index (Phi) is 7.63. The molecule has 9 aromatic carbocycles. The van der Waals surface area contributed by atoms with Crippen LogP contribution in [0.2, 0.25) is 0 Å². The van der Waals surface area contributed by atoms with Gasteiger partial charge in [-0.15, -0.1) is 0 Å². The summed E-state index contributed by atoms with van der Waals surface area (Å²) in [5.41, 5.74) is 8.61. The number of phenols is 1. The van der Waals surface area contributed by atoms with Crippen molar-refractivity contribution in [1.82, 2.24) is 0 Å². The predicted molar refractivity (Wildman–Crippen MR) is 248 cm³/mol. The first-order valence-corrected chi connectivity index (χ1v) is 21.5. The average Bonchev–Trinajstić information content (AvgIpc) is 3.78. The van der Waals surface area contributed by atoms with E-state index in [1.165, 1.54) is 22.3 Å². The minimum Gasteiger partial charge on any atom is -0.508 e. The van der Waals surface area contributed by atoms with Crippen molar-refractivity contribution in [3.05, 3.63) is 221 Å². The van der Waals surface area contributed by atoms with E-state index >= 15 is 0 Å². The number of ether oxygens (including phenoxy) is 3. The third-order valence-electron chi connectivity index (χ3n) is 13.0. The van der Waals surface area contributed by atoms with E-state index in [1.807, 2.05) is 72.8 Å². The fraction of sp³-hybridized carbons (Fsp3) is 0.0370. The number of thiol groups is 1. The molecule has 3 heterocycles. The van der Waals surface area contributed by atoms with Crippen molar-refractivity contribution >= 4 is 52.5 Å². The van der Waals surface area contributed by atoms with Gasteiger partial charge >= 0.3 is 0 Å². The van der Waals surface area contributed by atoms with E-state index in [1.54, 1.807) is 12.1 Å². The number of hydrogen-bond acceptors (Lipinski definition) is 9. The molecule has 1 unspecified atom stereocenters. The number of aromatic hydroxyl groups is 1. The predicted octanol–water partition coefficient (Wildman–Crippen LogP) is 13.8. The van der Waals surface area contributed by atoms with Crippen LogP contribution in [0.1, 0.15) is 44.5 Å². The molecule has 9 aromatic rings. The lowest BCUT2D eigenvalue weighted by Gasteiger charge is -2.40. The van der Waals surface area contributed by atoms with E-state index < -0.39 is 11.0 Å². The van der Waals surface area contributed by atoms with E-state index in [4.69, 9.17) is 26.8 Å². The molecule has 0 radical (unpaired) electrons. The second-order valence-electron chi connectivity index (χ2n) is 16.0. The molecule has 0 aromatic heterocycles. The molecule has 13 rings (SSSR count). The molecule has 0 fully saturated rings. The van der Waals surface area contributed by atoms with Gasteiger partial charge in [0.05, 0.1) is 5.41 Å². The number of phenolic OH excluding ortho intramolecular Hbond substituents is 1. The lowest BCUT2D eigenvalue weighted by atomic mass is 9.65. The minimum atomic E-state index is -1.02. The van der Waals surface area contributed by atoms with E-state index in [0.29, 0.717) is 34.5 Å². The van der Waals surface area contributed by atoms with Gasteiger partial charge in [-0.05, 0) is 70.8 Å². The fourth-order valence-corrected chi connectivity index (χ4v) is 11.1. The molecule has 1 aliphatic carbocycles. The molecule has 0 bridgehead atoms. The highest BCUT2D eigenvalue weighted by Gasteiger charge is 2.53. The van der Waals surface area contributed by atoms with Crippen molar-refractivity contribution in [2.24, 2.45) is 0 Å². The molecule has 0 saturated carbocycles. The summed E-state index contributed by atoms with van der Waals surface area (Å²) in [5.74, 6) is 4.91. The van der Waals surface area contributed by atoms with E-state index in [9.17, 15) is 5.11 Å². The van der Waals surface area contributed by atoms with Crippen LogP contribution in [0, 0.1) is 0 Å². The molecule has 3 aliphatic heterocycles. The number of benzene rings is 9. The minimum absolute atomic E-state index is 0.0819. The molecular formula is C54H32O7S2. The zero-order chi connectivity index (χ0) is 42.0. The van der Waals surface area contributed by atoms with Crippen LogP contribution in [0.15, 0.2) is 176 Å². The second kappa shape index (κ2) is 13.3. The Bertz CT molecular complexity index is 3430. The first-order valence-electron chi connectivity index (χ1n) is 20.4. The Morgan fingerprint density at radius 3 is 1.75 bits per heavy atom. The highest BCUT2D eigenvalue weighted by Crippen LogP contribution is 2.65. The van der Waals surface area contributed by atoms with Crippen molar-refractivity contribution in [2.75, 3.05) is 0 Å². The average molecular weight is 857 g/mol. The topological polar surface area (TPSA) is 75.6 Å². The van der Waals surface area contributed by atoms with Crippen molar-refractivity contribution in [1.29, 1.82) is 0 Å². The monoisotopic (exact) mass is 856 g/mol. The van der Waals surface area contributed by atoms with Crippen LogP contribution in [0.3, 0.4) is 0 Å². The second-order valence-corrected chi connectivity index (χ2v) is 16.7. The van der Waals surface area contributed by atoms with Gasteiger partial charge in [0.25, 0.3) is 12.3 Å². The highest BCUT2D eigenvalue weighted by atomic mass is 32.2. The summed E-state index contributed by atoms with van der Waals surface area (Å²) in [6.45, 7) is 4.23. The molecule has 1 atom stereocenters. The van der Waals surface area contributed by atoms with Gasteiger partial charge < -0.3 is 31.9 Å². The van der Waals surface area contributed by atoms with Crippen molar-refractivity contribution in [2.45, 2.75) is 11.0 Å². The Balaban J connectivity index is 0.894. The van der Waals surface area contributed by atoms with Crippen LogP contribution in [0.5, 0.6) is 46.0 Å². The standard InChI is InChI=1S/C54H32O7S2/c1-30-33-10-2-7-17-42(33)54(58-30)43-24-20-31(55)28-49(43)56-50-29-32(21-25-44(50)54)60-63-61-48-19-9-14-39-37(48)23-27-46-52(39)57-51-38-13-8-18-47(59-62)36(38)22-26-45(51)53(46)40-15-5-3-11-34(40)35-12-4-6-16-41(35)53/h2-29,55,62H,1H2. The van der Waals surface area contributed by atoms with E-state index in [2.05, 4.69) is 104 Å². The SMILES string of the molecule is C=C1OC2(c3ccc(O)cc3Oc3cc(OSOc4cccc5c6c(ccc45)C4(c5ccccc5-c5ccccc54)c4ccc5c(OS)cccc5c4O6)ccc32)c2ccccc21. The van der Waals surface area contributed by atoms with Crippen LogP contribution in [-0.2, 0) is 15.8 Å². The summed E-state index contributed by atoms with van der Waals surface area (Å²) in [7, 11) is 0. The van der Waals surface area contributed by atoms with Crippen molar-refractivity contribution in [3.63, 3.8) is 0 Å². The largest absolute Gasteiger partial charge is 0.508 e. The van der Waals surface area contributed by atoms with Gasteiger partial charge in [0.2, 0.25) is 0 Å². The zero-order valence-corrected chi connectivity index (χ0v) is 34.8. The summed E-state index contributed by atoms with van der Waals surface area (Å²) >= 11 is 5.05.